The molecule has 7 heteroatoms. The maximum absolute atomic E-state index is 6.23. The third-order valence-corrected chi connectivity index (χ3v) is 4.98. The van der Waals surface area contributed by atoms with Crippen LogP contribution in [-0.4, -0.2) is 18.3 Å². The van der Waals surface area contributed by atoms with E-state index in [1.54, 1.807) is 12.1 Å². The highest BCUT2D eigenvalue weighted by Crippen LogP contribution is 2.41. The minimum Gasteiger partial charge on any atom is -0.402 e. The summed E-state index contributed by atoms with van der Waals surface area (Å²) in [6, 6.07) is 3.26. The summed E-state index contributed by atoms with van der Waals surface area (Å²) in [7, 11) is -0.605. The molecule has 1 aromatic rings. The number of rotatable bonds is 2. The van der Waals surface area contributed by atoms with E-state index in [0.29, 0.717) is 20.6 Å². The Kier molecular flexibility index (Phi) is 4.38. The van der Waals surface area contributed by atoms with Gasteiger partial charge in [0.15, 0.2) is 0 Å². The van der Waals surface area contributed by atoms with Crippen LogP contribution >= 0.6 is 34.8 Å². The van der Waals surface area contributed by atoms with E-state index in [-0.39, 0.29) is 0 Å². The molecule has 0 spiro atoms. The van der Waals surface area contributed by atoms with Crippen molar-refractivity contribution in [3.05, 3.63) is 32.8 Å². The van der Waals surface area contributed by atoms with E-state index < -0.39 is 24.3 Å². The molecule has 0 saturated carbocycles. The van der Waals surface area contributed by atoms with Crippen LogP contribution in [0.1, 0.15) is 39.2 Å². The standard InChI is InChI=1S/C13H17BCl3NO2/c1-12(2)13(3,4)20-14(19-12)11(18)8-5-7(15)6-9(16)10(8)17/h5-6,11H,18H2,1-4H3/t11-/m0/s1. The normalized spacial score (nSPS) is 22.1. The second-order valence-corrected chi connectivity index (χ2v) is 7.16. The van der Waals surface area contributed by atoms with Crippen LogP contribution in [0.4, 0.5) is 0 Å². The van der Waals surface area contributed by atoms with E-state index in [2.05, 4.69) is 0 Å². The van der Waals surface area contributed by atoms with Gasteiger partial charge in [0.05, 0.1) is 27.2 Å². The molecule has 3 nitrogen and oxygen atoms in total. The Morgan fingerprint density at radius 2 is 1.55 bits per heavy atom. The summed E-state index contributed by atoms with van der Waals surface area (Å²) in [5.74, 6) is -0.570. The fourth-order valence-electron chi connectivity index (χ4n) is 2.00. The molecule has 20 heavy (non-hydrogen) atoms. The third kappa shape index (κ3) is 2.83. The van der Waals surface area contributed by atoms with Crippen LogP contribution < -0.4 is 5.73 Å². The zero-order chi connectivity index (χ0) is 15.3. The van der Waals surface area contributed by atoms with Gasteiger partial charge in [-0.25, -0.2) is 0 Å². The van der Waals surface area contributed by atoms with Crippen molar-refractivity contribution in [3.63, 3.8) is 0 Å². The van der Waals surface area contributed by atoms with Crippen LogP contribution in [0.2, 0.25) is 15.1 Å². The van der Waals surface area contributed by atoms with Crippen molar-refractivity contribution < 1.29 is 9.31 Å². The lowest BCUT2D eigenvalue weighted by Crippen LogP contribution is -2.41. The predicted molar refractivity (Wildman–Crippen MR) is 84.5 cm³/mol. The van der Waals surface area contributed by atoms with E-state index in [0.717, 1.165) is 0 Å². The van der Waals surface area contributed by atoms with Gasteiger partial charge in [-0.2, -0.15) is 0 Å². The van der Waals surface area contributed by atoms with Gasteiger partial charge < -0.3 is 15.0 Å². The molecule has 0 unspecified atom stereocenters. The molecule has 2 rings (SSSR count). The minimum atomic E-state index is -0.605. The average Bonchev–Trinajstić information content (AvgIpc) is 2.52. The summed E-state index contributed by atoms with van der Waals surface area (Å²) in [5.41, 5.74) is 5.93. The third-order valence-electron chi connectivity index (χ3n) is 3.94. The van der Waals surface area contributed by atoms with Crippen LogP contribution in [-0.2, 0) is 9.31 Å². The Labute approximate surface area is 134 Å². The van der Waals surface area contributed by atoms with Crippen molar-refractivity contribution in [3.8, 4) is 0 Å². The molecule has 1 aliphatic heterocycles. The maximum atomic E-state index is 6.23. The maximum Gasteiger partial charge on any atom is 0.480 e. The fourth-order valence-corrected chi connectivity index (χ4v) is 2.74. The van der Waals surface area contributed by atoms with Gasteiger partial charge in [-0.15, -0.1) is 0 Å². The number of benzene rings is 1. The Bertz CT molecular complexity index is 521. The lowest BCUT2D eigenvalue weighted by Gasteiger charge is -2.32. The van der Waals surface area contributed by atoms with Gasteiger partial charge in [0.1, 0.15) is 0 Å². The summed E-state index contributed by atoms with van der Waals surface area (Å²) in [5, 5.41) is 1.21. The number of nitrogens with two attached hydrogens (primary N) is 1. The molecule has 0 radical (unpaired) electrons. The number of halogens is 3. The highest BCUT2D eigenvalue weighted by atomic mass is 35.5. The highest BCUT2D eigenvalue weighted by Gasteiger charge is 2.53. The summed E-state index contributed by atoms with van der Waals surface area (Å²) in [6.07, 6.45) is 0. The fraction of sp³-hybridized carbons (Fsp3) is 0.538. The molecule has 0 aromatic heterocycles. The van der Waals surface area contributed by atoms with Crippen LogP contribution in [0.3, 0.4) is 0 Å². The molecule has 110 valence electrons. The lowest BCUT2D eigenvalue weighted by atomic mass is 9.75. The molecule has 0 aliphatic carbocycles. The quantitative estimate of drug-likeness (QED) is 0.648. The first-order chi connectivity index (χ1) is 9.05. The molecule has 1 atom stereocenters. The molecule has 1 fully saturated rings. The van der Waals surface area contributed by atoms with Crippen LogP contribution in [0.5, 0.6) is 0 Å². The van der Waals surface area contributed by atoms with E-state index in [1.807, 2.05) is 27.7 Å². The Balaban J connectivity index is 2.32. The Morgan fingerprint density at radius 1 is 1.05 bits per heavy atom. The summed E-state index contributed by atoms with van der Waals surface area (Å²) < 4.78 is 11.8. The van der Waals surface area contributed by atoms with Crippen LogP contribution in [0.15, 0.2) is 12.1 Å². The Morgan fingerprint density at radius 3 is 2.05 bits per heavy atom. The van der Waals surface area contributed by atoms with Gasteiger partial charge in [-0.3, -0.25) is 0 Å². The summed E-state index contributed by atoms with van der Waals surface area (Å²) in [6.45, 7) is 7.86. The van der Waals surface area contributed by atoms with Crippen molar-refractivity contribution in [2.24, 2.45) is 5.73 Å². The first-order valence-electron chi connectivity index (χ1n) is 6.31. The van der Waals surface area contributed by atoms with E-state index >= 15 is 0 Å². The highest BCUT2D eigenvalue weighted by molar-refractivity contribution is 6.49. The van der Waals surface area contributed by atoms with Gasteiger partial charge in [-0.1, -0.05) is 34.8 Å². The Hall–Kier alpha value is 0.0349. The monoisotopic (exact) mass is 335 g/mol. The second kappa shape index (κ2) is 5.34. The van der Waals surface area contributed by atoms with Crippen molar-refractivity contribution in [2.75, 3.05) is 0 Å². The smallest absolute Gasteiger partial charge is 0.402 e. The first-order valence-corrected chi connectivity index (χ1v) is 7.44. The zero-order valence-electron chi connectivity index (χ0n) is 11.8. The molecular formula is C13H17BCl3NO2. The molecule has 1 aliphatic rings. The van der Waals surface area contributed by atoms with E-state index in [9.17, 15) is 0 Å². The van der Waals surface area contributed by atoms with Crippen LogP contribution in [0.25, 0.3) is 0 Å². The van der Waals surface area contributed by atoms with Crippen molar-refractivity contribution in [1.29, 1.82) is 0 Å². The molecule has 2 N–H and O–H groups in total. The van der Waals surface area contributed by atoms with Gasteiger partial charge in [-0.05, 0) is 45.4 Å². The second-order valence-electron chi connectivity index (χ2n) is 5.94. The van der Waals surface area contributed by atoms with Gasteiger partial charge in [0.2, 0.25) is 0 Å². The molecule has 0 bridgehead atoms. The lowest BCUT2D eigenvalue weighted by molar-refractivity contribution is 0.00578. The number of hydrogen-bond donors (Lipinski definition) is 1. The zero-order valence-corrected chi connectivity index (χ0v) is 14.1. The van der Waals surface area contributed by atoms with Crippen molar-refractivity contribution >= 4 is 41.9 Å². The number of hydrogen-bond acceptors (Lipinski definition) is 3. The topological polar surface area (TPSA) is 44.5 Å². The molecule has 1 saturated heterocycles. The molecule has 1 aromatic carbocycles. The van der Waals surface area contributed by atoms with E-state index in [1.165, 1.54) is 0 Å². The predicted octanol–water partition coefficient (Wildman–Crippen LogP) is 4.28. The van der Waals surface area contributed by atoms with E-state index in [4.69, 9.17) is 49.8 Å². The molecule has 0 amide bonds. The molecule has 1 heterocycles. The van der Waals surface area contributed by atoms with Crippen molar-refractivity contribution in [1.82, 2.24) is 0 Å². The largest absolute Gasteiger partial charge is 0.480 e. The molecular weight excluding hydrogens is 319 g/mol. The summed E-state index contributed by atoms with van der Waals surface area (Å²) in [4.78, 5) is 0. The first kappa shape index (κ1) is 16.4. The SMILES string of the molecule is CC1(C)OB([C@@H](N)c2cc(Cl)cc(Cl)c2Cl)OC1(C)C. The van der Waals surface area contributed by atoms with Gasteiger partial charge in [0, 0.05) is 5.02 Å². The summed E-state index contributed by atoms with van der Waals surface area (Å²) >= 11 is 18.2. The van der Waals surface area contributed by atoms with Gasteiger partial charge in [0.25, 0.3) is 0 Å². The van der Waals surface area contributed by atoms with Crippen LogP contribution in [0, 0.1) is 0 Å². The minimum absolute atomic E-state index is 0.362. The average molecular weight is 336 g/mol. The van der Waals surface area contributed by atoms with Crippen molar-refractivity contribution in [2.45, 2.75) is 44.8 Å². The van der Waals surface area contributed by atoms with Gasteiger partial charge >= 0.3 is 7.12 Å².